The Morgan fingerprint density at radius 1 is 1.03 bits per heavy atom. The van der Waals surface area contributed by atoms with Gasteiger partial charge in [0.05, 0.1) is 0 Å². The molecule has 1 aliphatic rings. The highest BCUT2D eigenvalue weighted by Gasteiger charge is 2.46. The molecular formula is C27H30N2O4. The van der Waals surface area contributed by atoms with E-state index >= 15 is 0 Å². The van der Waals surface area contributed by atoms with Crippen LogP contribution in [0.5, 0.6) is 0 Å². The lowest BCUT2D eigenvalue weighted by atomic mass is 9.92. The van der Waals surface area contributed by atoms with E-state index in [0.29, 0.717) is 5.56 Å². The van der Waals surface area contributed by atoms with Gasteiger partial charge >= 0.3 is 0 Å². The minimum absolute atomic E-state index is 0.309. The summed E-state index contributed by atoms with van der Waals surface area (Å²) in [5.41, 5.74) is 1.50. The lowest BCUT2D eigenvalue weighted by molar-refractivity contribution is -0.143. The number of benzene rings is 2. The van der Waals surface area contributed by atoms with Gasteiger partial charge in [-0.1, -0.05) is 36.8 Å². The number of rotatable bonds is 8. The Kier molecular flexibility index (Phi) is 7.67. The van der Waals surface area contributed by atoms with Crippen molar-refractivity contribution in [1.82, 2.24) is 10.2 Å². The van der Waals surface area contributed by atoms with Gasteiger partial charge in [0.15, 0.2) is 11.3 Å². The number of Topliss-reactive ketones (excluding diaryl/α,β-unsaturated/α-hetero) is 1. The largest absolute Gasteiger partial charge is 0.388 e. The summed E-state index contributed by atoms with van der Waals surface area (Å²) >= 11 is 0. The summed E-state index contributed by atoms with van der Waals surface area (Å²) in [6.07, 6.45) is 5.13. The van der Waals surface area contributed by atoms with Gasteiger partial charge < -0.3 is 15.3 Å². The molecule has 0 heterocycles. The van der Waals surface area contributed by atoms with Crippen molar-refractivity contribution in [3.05, 3.63) is 70.8 Å². The zero-order valence-electron chi connectivity index (χ0n) is 19.4. The second kappa shape index (κ2) is 10.5. The van der Waals surface area contributed by atoms with E-state index < -0.39 is 29.7 Å². The Hall–Kier alpha value is -3.43. The number of likely N-dealkylation sites (N-methyl/N-ethyl adjacent to an activating group) is 2. The number of hydrogen-bond donors (Lipinski definition) is 2. The first-order valence-corrected chi connectivity index (χ1v) is 11.1. The van der Waals surface area contributed by atoms with Crippen LogP contribution in [0.1, 0.15) is 53.2 Å². The molecule has 2 N–H and O–H groups in total. The quantitative estimate of drug-likeness (QED) is 0.482. The molecule has 2 amide bonds. The van der Waals surface area contributed by atoms with E-state index in [9.17, 15) is 19.5 Å². The fourth-order valence-electron chi connectivity index (χ4n) is 3.63. The van der Waals surface area contributed by atoms with Gasteiger partial charge in [0.25, 0.3) is 11.8 Å². The van der Waals surface area contributed by atoms with E-state index in [-0.39, 0.29) is 0 Å². The number of nitrogens with zero attached hydrogens (tertiary/aromatic N) is 1. The third kappa shape index (κ3) is 5.68. The van der Waals surface area contributed by atoms with Crippen molar-refractivity contribution < 1.29 is 19.5 Å². The third-order valence-electron chi connectivity index (χ3n) is 6.31. The molecule has 0 radical (unpaired) electrons. The number of nitrogens with one attached hydrogen (secondary N) is 1. The van der Waals surface area contributed by atoms with Gasteiger partial charge in [-0.25, -0.2) is 0 Å². The van der Waals surface area contributed by atoms with Crippen LogP contribution in [0.25, 0.3) is 0 Å². The van der Waals surface area contributed by atoms with Crippen LogP contribution in [0.2, 0.25) is 0 Å². The molecule has 0 unspecified atom stereocenters. The number of carbonyl (C=O) groups excluding carboxylic acids is 3. The second-order valence-corrected chi connectivity index (χ2v) is 8.60. The van der Waals surface area contributed by atoms with Crippen molar-refractivity contribution in [2.24, 2.45) is 5.92 Å². The average molecular weight is 447 g/mol. The molecule has 2 aromatic carbocycles. The minimum atomic E-state index is -1.82. The fraction of sp³-hybridized carbons (Fsp3) is 0.370. The molecule has 1 fully saturated rings. The first kappa shape index (κ1) is 24.2. The first-order valence-electron chi connectivity index (χ1n) is 11.1. The summed E-state index contributed by atoms with van der Waals surface area (Å²) < 4.78 is 0. The van der Waals surface area contributed by atoms with Crippen LogP contribution in [0, 0.1) is 17.8 Å². The number of ketones is 1. The van der Waals surface area contributed by atoms with Crippen molar-refractivity contribution in [2.75, 3.05) is 20.7 Å². The molecule has 0 bridgehead atoms. The van der Waals surface area contributed by atoms with E-state index in [0.717, 1.165) is 28.4 Å². The molecule has 0 saturated heterocycles. The molecule has 6 nitrogen and oxygen atoms in total. The maximum atomic E-state index is 12.9. The predicted octanol–water partition coefficient (Wildman–Crippen LogP) is 2.57. The molecule has 0 spiro atoms. The van der Waals surface area contributed by atoms with Gasteiger partial charge in [-0.3, -0.25) is 14.4 Å². The summed E-state index contributed by atoms with van der Waals surface area (Å²) in [6, 6.07) is 15.0. The van der Waals surface area contributed by atoms with E-state index in [1.165, 1.54) is 45.8 Å². The number of aliphatic hydroxyl groups is 1. The van der Waals surface area contributed by atoms with Crippen LogP contribution in [0.4, 0.5) is 0 Å². The summed E-state index contributed by atoms with van der Waals surface area (Å²) in [5, 5.41) is 11.7. The van der Waals surface area contributed by atoms with Crippen molar-refractivity contribution in [3.63, 3.8) is 0 Å². The summed E-state index contributed by atoms with van der Waals surface area (Å²) in [7, 11) is 2.74. The minimum Gasteiger partial charge on any atom is -0.388 e. The van der Waals surface area contributed by atoms with E-state index in [4.69, 9.17) is 0 Å². The van der Waals surface area contributed by atoms with Gasteiger partial charge in [0, 0.05) is 30.8 Å². The topological polar surface area (TPSA) is 86.7 Å². The van der Waals surface area contributed by atoms with Crippen LogP contribution in [-0.4, -0.2) is 53.8 Å². The van der Waals surface area contributed by atoms with Gasteiger partial charge in [-0.05, 0) is 67.6 Å². The Morgan fingerprint density at radius 3 is 2.06 bits per heavy atom. The number of carbonyl (C=O) groups is 3. The molecule has 0 aromatic heterocycles. The Morgan fingerprint density at radius 2 is 1.58 bits per heavy atom. The second-order valence-electron chi connectivity index (χ2n) is 8.60. The van der Waals surface area contributed by atoms with Crippen LogP contribution >= 0.6 is 0 Å². The predicted molar refractivity (Wildman–Crippen MR) is 127 cm³/mol. The first-order chi connectivity index (χ1) is 15.8. The van der Waals surface area contributed by atoms with E-state index in [1.807, 2.05) is 12.1 Å². The molecule has 33 heavy (non-hydrogen) atoms. The number of aryl methyl sites for hydroxylation is 1. The van der Waals surface area contributed by atoms with Crippen LogP contribution < -0.4 is 5.32 Å². The van der Waals surface area contributed by atoms with Crippen molar-refractivity contribution in [2.45, 2.75) is 38.1 Å². The summed E-state index contributed by atoms with van der Waals surface area (Å²) in [5.74, 6) is 5.21. The number of hydrogen-bond acceptors (Lipinski definition) is 4. The van der Waals surface area contributed by atoms with Crippen LogP contribution in [0.15, 0.2) is 48.5 Å². The average Bonchev–Trinajstić information content (AvgIpc) is 3.69. The molecule has 2 aromatic rings. The molecule has 1 saturated carbocycles. The molecule has 172 valence electrons. The van der Waals surface area contributed by atoms with Crippen molar-refractivity contribution in [3.8, 4) is 11.8 Å². The van der Waals surface area contributed by atoms with Gasteiger partial charge in [-0.2, -0.15) is 0 Å². The highest BCUT2D eigenvalue weighted by molar-refractivity contribution is 6.14. The smallest absolute Gasteiger partial charge is 0.254 e. The Bertz CT molecular complexity index is 1060. The van der Waals surface area contributed by atoms with Gasteiger partial charge in [0.1, 0.15) is 6.61 Å². The van der Waals surface area contributed by atoms with Crippen LogP contribution in [0.3, 0.4) is 0 Å². The SMILES string of the molecule is CNC(=O)[C@@](C)(C(=O)CO)N(C)C(=O)c1ccc(C#Cc2ccc(CCC3CC3)cc2)cc1. The van der Waals surface area contributed by atoms with Gasteiger partial charge in [-0.15, -0.1) is 0 Å². The number of amides is 2. The summed E-state index contributed by atoms with van der Waals surface area (Å²) in [4.78, 5) is 38.6. The highest BCUT2D eigenvalue weighted by atomic mass is 16.3. The Balaban J connectivity index is 1.68. The lowest BCUT2D eigenvalue weighted by Crippen LogP contribution is -2.62. The zero-order chi connectivity index (χ0) is 24.0. The van der Waals surface area contributed by atoms with Crippen molar-refractivity contribution >= 4 is 17.6 Å². The standard InChI is InChI=1S/C27H30N2O4/c1-27(24(31)18-30,26(33)28-2)29(3)25(32)23-16-14-22(15-17-23)13-12-21-10-8-20(9-11-21)7-6-19-4-5-19/h8-11,14-17,19,30H,4-7,18H2,1-3H3,(H,28,33)/t27-/m1/s1. The maximum absolute atomic E-state index is 12.9. The third-order valence-corrected chi connectivity index (χ3v) is 6.31. The highest BCUT2D eigenvalue weighted by Crippen LogP contribution is 2.33. The molecule has 1 atom stereocenters. The maximum Gasteiger partial charge on any atom is 0.254 e. The normalized spacial score (nSPS) is 14.4. The molecule has 6 heteroatoms. The van der Waals surface area contributed by atoms with Gasteiger partial charge in [0.2, 0.25) is 0 Å². The molecule has 0 aliphatic heterocycles. The molecule has 1 aliphatic carbocycles. The monoisotopic (exact) mass is 446 g/mol. The fourth-order valence-corrected chi connectivity index (χ4v) is 3.63. The Labute approximate surface area is 195 Å². The lowest BCUT2D eigenvalue weighted by Gasteiger charge is -2.35. The zero-order valence-corrected chi connectivity index (χ0v) is 19.4. The summed E-state index contributed by atoms with van der Waals surface area (Å²) in [6.45, 7) is 0.469. The molecule has 3 rings (SSSR count). The molecular weight excluding hydrogens is 416 g/mol. The van der Waals surface area contributed by atoms with E-state index in [2.05, 4.69) is 29.3 Å². The number of aliphatic hydroxyl groups excluding tert-OH is 1. The van der Waals surface area contributed by atoms with Crippen LogP contribution in [-0.2, 0) is 16.0 Å². The van der Waals surface area contributed by atoms with Crippen molar-refractivity contribution in [1.29, 1.82) is 0 Å². The van der Waals surface area contributed by atoms with E-state index in [1.54, 1.807) is 24.3 Å².